The van der Waals surface area contributed by atoms with Gasteiger partial charge in [-0.2, -0.15) is 0 Å². The molecule has 0 fully saturated rings. The van der Waals surface area contributed by atoms with Gasteiger partial charge in [0.2, 0.25) is 5.91 Å². The number of ether oxygens (including phenoxy) is 16. The highest BCUT2D eigenvalue weighted by atomic mass is 16.6. The Hall–Kier alpha value is -7.76. The van der Waals surface area contributed by atoms with Gasteiger partial charge in [-0.25, -0.2) is 0 Å². The summed E-state index contributed by atoms with van der Waals surface area (Å²) in [6, 6.07) is 58.8. The highest BCUT2D eigenvalue weighted by Gasteiger charge is 2.04. The zero-order chi connectivity index (χ0) is 107. The van der Waals surface area contributed by atoms with Crippen molar-refractivity contribution in [2.45, 2.75) is 281 Å². The summed E-state index contributed by atoms with van der Waals surface area (Å²) in [7, 11) is 1.64. The standard InChI is InChI=1S/C17H26N2O4.C17H26N2O3.C14H22N2O3.C14H24N2O3.C13H21NO3.C12H20N2O2.12C2H6.10CH4/c1-2-21-14-18-10-11-22-12-13-23-15-19-17(20)9-8-16-6-4-3-5-7-16;1-2-20-15-19-11-12-21-13-14-22-16-18-10-6-9-17-7-4-3-5-8-17;1-2-18-12-15-8-10-19-11-9-16-14(17)13-6-4-3-5-7-13;1-2-17-12-15-8-9-18-10-11-19-13-16-14-6-4-3-5-7-14;1-2-15-12-14-8-9-16-10-11-17-13-6-4-3-5-7-13;1-15-9-14-11-16-10-13-8-7-12-5-3-2-4-6-12;12*1-2;;;;;;;;;;/h3-9,18H,2,10-15H2,1H3,(H,19,20);3-5,7-8,18-19H,2,10-16H2,1H3;3-7,15H,2,8-12H2,1H3,(H,16,17);3-7,15-16H,2,8-13H2,1H3;3-7,14H,2,8-12H2,1H3;2-6,13-14H,7-11H2,1H3;12*1-2H3;10*1H4. The summed E-state index contributed by atoms with van der Waals surface area (Å²) < 4.78 is 84.2. The fourth-order valence-electron chi connectivity index (χ4n) is 8.45. The zero-order valence-corrected chi connectivity index (χ0v) is 93.9. The van der Waals surface area contributed by atoms with Crippen LogP contribution in [0.15, 0.2) is 188 Å². The van der Waals surface area contributed by atoms with Gasteiger partial charge in [0.05, 0.1) is 153 Å². The van der Waals surface area contributed by atoms with Crippen LogP contribution in [0.2, 0.25) is 0 Å². The second-order valence-electron chi connectivity index (χ2n) is 23.5. The predicted octanol–water partition coefficient (Wildman–Crippen LogP) is 26.6. The zero-order valence-electron chi connectivity index (χ0n) is 93.9. The molecule has 0 bridgehead atoms. The highest BCUT2D eigenvalue weighted by Crippen LogP contribution is 2.08. The van der Waals surface area contributed by atoms with Crippen molar-refractivity contribution in [1.29, 1.82) is 0 Å². The minimum absolute atomic E-state index is 0. The summed E-state index contributed by atoms with van der Waals surface area (Å²) in [5, 5.41) is 33.4. The molecule has 150 heavy (non-hydrogen) atoms. The van der Waals surface area contributed by atoms with E-state index < -0.39 is 0 Å². The number of para-hydroxylation sites is 2. The van der Waals surface area contributed by atoms with Gasteiger partial charge in [-0.05, 0) is 107 Å². The van der Waals surface area contributed by atoms with Crippen molar-refractivity contribution in [3.05, 3.63) is 210 Å². The van der Waals surface area contributed by atoms with Crippen molar-refractivity contribution in [2.24, 2.45) is 0 Å². The molecule has 0 aliphatic carbocycles. The van der Waals surface area contributed by atoms with Crippen LogP contribution >= 0.6 is 0 Å². The third-order valence-corrected chi connectivity index (χ3v) is 14.3. The Kier molecular flexibility index (Phi) is 269. The fraction of sp³-hybridized carbons (Fsp3) is 0.653. The summed E-state index contributed by atoms with van der Waals surface area (Å²) in [5.41, 5.74) is 5.07. The van der Waals surface area contributed by atoms with E-state index in [0.717, 1.165) is 88.1 Å². The Balaban J connectivity index is -0.0000000622. The number of carbonyl (C=O) groups excluding carboxylic acids is 2. The average Bonchev–Trinajstić information content (AvgIpc) is 0.914. The molecule has 0 aromatic heterocycles. The number of hydrogen-bond acceptors (Lipinski definition) is 27. The molecule has 2 amide bonds. The third-order valence-electron chi connectivity index (χ3n) is 14.3. The number of rotatable bonds is 66. The number of benzene rings is 6. The van der Waals surface area contributed by atoms with E-state index in [0.29, 0.717) is 192 Å². The lowest BCUT2D eigenvalue weighted by Crippen LogP contribution is -2.28. The molecule has 0 spiro atoms. The largest absolute Gasteiger partial charge is 0.491 e. The molecule has 0 radical (unpaired) electrons. The first-order valence-electron chi connectivity index (χ1n) is 52.0. The molecule has 6 rings (SSSR count). The van der Waals surface area contributed by atoms with E-state index >= 15 is 0 Å². The van der Waals surface area contributed by atoms with Gasteiger partial charge in [-0.1, -0.05) is 386 Å². The third kappa shape index (κ3) is 179. The molecule has 0 aliphatic heterocycles. The van der Waals surface area contributed by atoms with Crippen LogP contribution in [-0.2, 0) is 82.3 Å². The molecule has 0 atom stereocenters. The quantitative estimate of drug-likeness (QED) is 0.00731. The second-order valence-corrected chi connectivity index (χ2v) is 23.5. The van der Waals surface area contributed by atoms with Crippen molar-refractivity contribution >= 4 is 23.6 Å². The summed E-state index contributed by atoms with van der Waals surface area (Å²) >= 11 is 0. The highest BCUT2D eigenvalue weighted by molar-refractivity contribution is 5.94. The van der Waals surface area contributed by atoms with Crippen LogP contribution < -0.4 is 63.2 Å². The lowest BCUT2D eigenvalue weighted by Gasteiger charge is -2.08. The average molecular weight is 2150 g/mol. The number of nitrogens with one attached hydrogen (secondary N) is 11. The SMILES string of the molecule is C.C.C.C.C.C.C.C.C.C.CC.CC.CC.CC.CC.CC.CC.CC.CC.CC.CC.CC.CCOCNCCOCCNC(=O)c1ccccc1.CCOCNCCOCCOCNC(=O)C=Cc1ccccc1.CCOCNCCOCCOCNCC#Cc1ccccc1.CCOCNCCOCCOCNc1ccccc1.CCOCNCCOCCOc1ccccc1.COCNCOCNCCc1ccccc1. The van der Waals surface area contributed by atoms with Crippen molar-refractivity contribution in [2.75, 3.05) is 264 Å². The van der Waals surface area contributed by atoms with Crippen LogP contribution in [0.1, 0.15) is 302 Å². The molecule has 29 nitrogen and oxygen atoms in total. The van der Waals surface area contributed by atoms with E-state index in [4.69, 9.17) is 75.8 Å². The normalized spacial score (nSPS) is 8.63. The van der Waals surface area contributed by atoms with Crippen LogP contribution in [0.4, 0.5) is 5.69 Å². The van der Waals surface area contributed by atoms with Gasteiger partial charge in [-0.3, -0.25) is 52.1 Å². The molecule has 0 unspecified atom stereocenters. The molecule has 0 saturated carbocycles. The Labute approximate surface area is 930 Å². The predicted molar refractivity (Wildman–Crippen MR) is 662 cm³/mol. The van der Waals surface area contributed by atoms with Gasteiger partial charge in [-0.15, -0.1) is 0 Å². The number of hydrogen-bond donors (Lipinski definition) is 11. The minimum atomic E-state index is -0.185. The van der Waals surface area contributed by atoms with Gasteiger partial charge in [0, 0.05) is 109 Å². The first kappa shape index (κ1) is 196. The summed E-state index contributed by atoms with van der Waals surface area (Å²) in [6.07, 6.45) is 4.27. The summed E-state index contributed by atoms with van der Waals surface area (Å²) in [6.45, 7) is 81.1. The van der Waals surface area contributed by atoms with E-state index in [1.807, 2.05) is 346 Å². The first-order valence-corrected chi connectivity index (χ1v) is 52.0. The summed E-state index contributed by atoms with van der Waals surface area (Å²) in [5.74, 6) is 6.74. The van der Waals surface area contributed by atoms with Gasteiger partial charge >= 0.3 is 0 Å². The van der Waals surface area contributed by atoms with Gasteiger partial charge in [0.1, 0.15) is 25.8 Å². The van der Waals surface area contributed by atoms with Crippen molar-refractivity contribution in [1.82, 2.24) is 53.2 Å². The number of methoxy groups -OCH3 is 1. The summed E-state index contributed by atoms with van der Waals surface area (Å²) in [4.78, 5) is 23.2. The Morgan fingerprint density at radius 1 is 0.273 bits per heavy atom. The van der Waals surface area contributed by atoms with Crippen molar-refractivity contribution < 1.29 is 85.4 Å². The van der Waals surface area contributed by atoms with Crippen LogP contribution in [0, 0.1) is 11.8 Å². The molecule has 0 saturated heterocycles. The monoisotopic (exact) mass is 2150 g/mol. The van der Waals surface area contributed by atoms with Crippen LogP contribution in [-0.4, -0.2) is 271 Å². The molecule has 898 valence electrons. The first-order chi connectivity index (χ1) is 69.4. The minimum Gasteiger partial charge on any atom is -0.491 e. The molecule has 6 aromatic rings. The maximum absolute atomic E-state index is 11.7. The van der Waals surface area contributed by atoms with E-state index in [1.54, 1.807) is 25.3 Å². The Morgan fingerprint density at radius 3 is 0.960 bits per heavy atom. The molecule has 29 heteroatoms. The van der Waals surface area contributed by atoms with Crippen LogP contribution in [0.3, 0.4) is 0 Å². The lowest BCUT2D eigenvalue weighted by molar-refractivity contribution is -0.118. The topological polar surface area (TPSA) is 314 Å². The van der Waals surface area contributed by atoms with E-state index in [-0.39, 0.29) is 92.8 Å². The maximum Gasteiger partial charge on any atom is 0.251 e. The molecule has 6 aromatic carbocycles. The van der Waals surface area contributed by atoms with Gasteiger partial charge in [0.25, 0.3) is 5.91 Å². The van der Waals surface area contributed by atoms with Crippen molar-refractivity contribution in [3.63, 3.8) is 0 Å². The van der Waals surface area contributed by atoms with Crippen LogP contribution in [0.25, 0.3) is 6.08 Å². The molecule has 0 aliphatic rings. The Morgan fingerprint density at radius 2 is 0.573 bits per heavy atom. The van der Waals surface area contributed by atoms with Crippen LogP contribution in [0.5, 0.6) is 5.75 Å². The number of amides is 2. The van der Waals surface area contributed by atoms with E-state index in [9.17, 15) is 9.59 Å². The number of carbonyl (C=O) groups is 2. The lowest BCUT2D eigenvalue weighted by atomic mass is 10.2. The second kappa shape index (κ2) is 206. The molecular weight excluding hydrogens is 1900 g/mol. The van der Waals surface area contributed by atoms with Gasteiger partial charge < -0.3 is 91.7 Å². The fourth-order valence-corrected chi connectivity index (χ4v) is 8.45. The van der Waals surface area contributed by atoms with E-state index in [1.165, 1.54) is 11.6 Å². The van der Waals surface area contributed by atoms with E-state index in [2.05, 4.69) is 94.6 Å². The molecular formula is C121H251N11O18. The molecule has 11 N–H and O–H groups in total. The number of anilines is 1. The van der Waals surface area contributed by atoms with Crippen molar-refractivity contribution in [3.8, 4) is 17.6 Å². The smallest absolute Gasteiger partial charge is 0.251 e. The Bertz CT molecular complexity index is 3080. The maximum atomic E-state index is 11.7. The molecule has 0 heterocycles. The van der Waals surface area contributed by atoms with Gasteiger partial charge in [0.15, 0.2) is 0 Å².